The van der Waals surface area contributed by atoms with Crippen LogP contribution in [0.3, 0.4) is 0 Å². The Morgan fingerprint density at radius 3 is 3.08 bits per heavy atom. The van der Waals surface area contributed by atoms with E-state index in [1.807, 2.05) is 13.1 Å². The first-order chi connectivity index (χ1) is 6.27. The van der Waals surface area contributed by atoms with E-state index in [1.54, 1.807) is 6.20 Å². The molecule has 0 fully saturated rings. The average molecular weight is 183 g/mol. The molecule has 0 aliphatic carbocycles. The number of nitrogens with zero attached hydrogens (tertiary/aromatic N) is 2. The van der Waals surface area contributed by atoms with Crippen molar-refractivity contribution in [2.75, 3.05) is 6.61 Å². The first kappa shape index (κ1) is 10.2. The van der Waals surface area contributed by atoms with Crippen molar-refractivity contribution in [1.82, 2.24) is 14.9 Å². The van der Waals surface area contributed by atoms with Crippen LogP contribution in [0.25, 0.3) is 0 Å². The van der Waals surface area contributed by atoms with Crippen molar-refractivity contribution >= 4 is 0 Å². The molecule has 2 N–H and O–H groups in total. The molecule has 1 heterocycles. The first-order valence-corrected chi connectivity index (χ1v) is 4.62. The second-order valence-corrected chi connectivity index (χ2v) is 3.09. The fraction of sp³-hybridized carbons (Fsp3) is 0.667. The third-order valence-corrected chi connectivity index (χ3v) is 2.02. The highest BCUT2D eigenvalue weighted by atomic mass is 16.3. The quantitative estimate of drug-likeness (QED) is 0.693. The van der Waals surface area contributed by atoms with Gasteiger partial charge in [-0.1, -0.05) is 0 Å². The summed E-state index contributed by atoms with van der Waals surface area (Å²) in [5.74, 6) is 1.02. The molecule has 0 saturated carbocycles. The molecule has 74 valence electrons. The van der Waals surface area contributed by atoms with Crippen LogP contribution in [0.1, 0.15) is 19.7 Å². The normalized spacial score (nSPS) is 13.2. The largest absolute Gasteiger partial charge is 0.395 e. The standard InChI is InChI=1S/C9H17N3O/c1-3-12-5-4-10-9(12)6-11-8(2)7-13/h4-5,8,11,13H,3,6-7H2,1-2H3. The Labute approximate surface area is 78.6 Å². The zero-order valence-corrected chi connectivity index (χ0v) is 8.20. The van der Waals surface area contributed by atoms with Gasteiger partial charge in [-0.2, -0.15) is 0 Å². The molecule has 1 atom stereocenters. The van der Waals surface area contributed by atoms with Crippen LogP contribution in [0.4, 0.5) is 0 Å². The van der Waals surface area contributed by atoms with Crippen molar-refractivity contribution in [3.8, 4) is 0 Å². The van der Waals surface area contributed by atoms with Crippen LogP contribution in [-0.2, 0) is 13.1 Å². The van der Waals surface area contributed by atoms with Gasteiger partial charge in [0.15, 0.2) is 0 Å². The minimum Gasteiger partial charge on any atom is -0.395 e. The summed E-state index contributed by atoms with van der Waals surface area (Å²) in [6.07, 6.45) is 3.75. The molecule has 13 heavy (non-hydrogen) atoms. The summed E-state index contributed by atoms with van der Waals surface area (Å²) < 4.78 is 2.08. The summed E-state index contributed by atoms with van der Waals surface area (Å²) in [7, 11) is 0. The number of hydrogen-bond acceptors (Lipinski definition) is 3. The van der Waals surface area contributed by atoms with Crippen LogP contribution in [0.15, 0.2) is 12.4 Å². The second-order valence-electron chi connectivity index (χ2n) is 3.09. The highest BCUT2D eigenvalue weighted by molar-refractivity contribution is 4.91. The smallest absolute Gasteiger partial charge is 0.122 e. The van der Waals surface area contributed by atoms with E-state index in [0.29, 0.717) is 6.54 Å². The van der Waals surface area contributed by atoms with Crippen molar-refractivity contribution in [2.24, 2.45) is 0 Å². The van der Waals surface area contributed by atoms with Gasteiger partial charge in [-0.05, 0) is 13.8 Å². The molecule has 0 aromatic carbocycles. The molecule has 0 radical (unpaired) electrons. The highest BCUT2D eigenvalue weighted by Gasteiger charge is 2.02. The van der Waals surface area contributed by atoms with Gasteiger partial charge in [0, 0.05) is 25.0 Å². The van der Waals surface area contributed by atoms with Gasteiger partial charge in [-0.25, -0.2) is 4.98 Å². The number of nitrogens with one attached hydrogen (secondary N) is 1. The summed E-state index contributed by atoms with van der Waals surface area (Å²) >= 11 is 0. The summed E-state index contributed by atoms with van der Waals surface area (Å²) in [4.78, 5) is 4.21. The number of imidazole rings is 1. The van der Waals surface area contributed by atoms with E-state index in [9.17, 15) is 0 Å². The maximum Gasteiger partial charge on any atom is 0.122 e. The van der Waals surface area contributed by atoms with Crippen LogP contribution >= 0.6 is 0 Å². The van der Waals surface area contributed by atoms with Crippen molar-refractivity contribution in [3.63, 3.8) is 0 Å². The molecular weight excluding hydrogens is 166 g/mol. The van der Waals surface area contributed by atoms with Gasteiger partial charge >= 0.3 is 0 Å². The second kappa shape index (κ2) is 4.99. The van der Waals surface area contributed by atoms with E-state index < -0.39 is 0 Å². The van der Waals surface area contributed by atoms with Gasteiger partial charge in [0.25, 0.3) is 0 Å². The zero-order chi connectivity index (χ0) is 9.68. The molecule has 4 heteroatoms. The Hall–Kier alpha value is -0.870. The van der Waals surface area contributed by atoms with Crippen LogP contribution in [0, 0.1) is 0 Å². The minimum absolute atomic E-state index is 0.127. The maximum absolute atomic E-state index is 8.80. The van der Waals surface area contributed by atoms with Crippen molar-refractivity contribution in [2.45, 2.75) is 33.0 Å². The Balaban J connectivity index is 2.44. The summed E-state index contributed by atoms with van der Waals surface area (Å²) in [6.45, 7) is 5.83. The van der Waals surface area contributed by atoms with Crippen LogP contribution in [0.2, 0.25) is 0 Å². The number of aliphatic hydroxyl groups excluding tert-OH is 1. The number of aliphatic hydroxyl groups is 1. The molecule has 0 aliphatic heterocycles. The fourth-order valence-electron chi connectivity index (χ4n) is 1.13. The summed E-state index contributed by atoms with van der Waals surface area (Å²) in [5.41, 5.74) is 0. The third-order valence-electron chi connectivity index (χ3n) is 2.02. The van der Waals surface area contributed by atoms with Gasteiger partial charge in [0.05, 0.1) is 13.2 Å². The third kappa shape index (κ3) is 2.82. The van der Waals surface area contributed by atoms with Crippen LogP contribution in [0.5, 0.6) is 0 Å². The Kier molecular flexibility index (Phi) is 3.92. The van der Waals surface area contributed by atoms with E-state index in [-0.39, 0.29) is 12.6 Å². The number of hydrogen-bond donors (Lipinski definition) is 2. The highest BCUT2D eigenvalue weighted by Crippen LogP contribution is 1.97. The summed E-state index contributed by atoms with van der Waals surface area (Å²) in [6, 6.07) is 0.127. The molecule has 0 amide bonds. The Morgan fingerprint density at radius 2 is 2.46 bits per heavy atom. The Bertz CT molecular complexity index is 247. The molecule has 0 saturated heterocycles. The Morgan fingerprint density at radius 1 is 1.69 bits per heavy atom. The fourth-order valence-corrected chi connectivity index (χ4v) is 1.13. The molecule has 1 unspecified atom stereocenters. The molecule has 1 rings (SSSR count). The zero-order valence-electron chi connectivity index (χ0n) is 8.20. The van der Waals surface area contributed by atoms with Crippen molar-refractivity contribution in [1.29, 1.82) is 0 Å². The van der Waals surface area contributed by atoms with E-state index >= 15 is 0 Å². The lowest BCUT2D eigenvalue weighted by Crippen LogP contribution is -2.29. The molecule has 4 nitrogen and oxygen atoms in total. The lowest BCUT2D eigenvalue weighted by atomic mass is 10.3. The molecule has 1 aromatic rings. The predicted octanol–water partition coefficient (Wildman–Crippen LogP) is 0.373. The number of aryl methyl sites for hydroxylation is 1. The monoisotopic (exact) mass is 183 g/mol. The lowest BCUT2D eigenvalue weighted by molar-refractivity contribution is 0.250. The van der Waals surface area contributed by atoms with Crippen molar-refractivity contribution < 1.29 is 5.11 Å². The number of aromatic nitrogens is 2. The van der Waals surface area contributed by atoms with Crippen LogP contribution < -0.4 is 5.32 Å². The number of rotatable bonds is 5. The topological polar surface area (TPSA) is 50.1 Å². The maximum atomic E-state index is 8.80. The van der Waals surface area contributed by atoms with Gasteiger partial charge in [0.1, 0.15) is 5.82 Å². The van der Waals surface area contributed by atoms with Crippen molar-refractivity contribution in [3.05, 3.63) is 18.2 Å². The van der Waals surface area contributed by atoms with E-state index in [4.69, 9.17) is 5.11 Å². The van der Waals surface area contributed by atoms with Gasteiger partial charge < -0.3 is 15.0 Å². The van der Waals surface area contributed by atoms with E-state index in [2.05, 4.69) is 21.8 Å². The lowest BCUT2D eigenvalue weighted by Gasteiger charge is -2.10. The average Bonchev–Trinajstić information content (AvgIpc) is 2.61. The van der Waals surface area contributed by atoms with Gasteiger partial charge in [-0.3, -0.25) is 0 Å². The van der Waals surface area contributed by atoms with Crippen LogP contribution in [-0.4, -0.2) is 27.3 Å². The summed E-state index contributed by atoms with van der Waals surface area (Å²) in [5, 5.41) is 12.0. The van der Waals surface area contributed by atoms with E-state index in [0.717, 1.165) is 12.4 Å². The molecule has 0 aliphatic rings. The van der Waals surface area contributed by atoms with Gasteiger partial charge in [0.2, 0.25) is 0 Å². The SMILES string of the molecule is CCn1ccnc1CNC(C)CO. The first-order valence-electron chi connectivity index (χ1n) is 4.62. The van der Waals surface area contributed by atoms with Gasteiger partial charge in [-0.15, -0.1) is 0 Å². The molecule has 0 spiro atoms. The van der Waals surface area contributed by atoms with E-state index in [1.165, 1.54) is 0 Å². The molecular formula is C9H17N3O. The predicted molar refractivity (Wildman–Crippen MR) is 51.3 cm³/mol. The minimum atomic E-state index is 0.127. The molecule has 0 bridgehead atoms. The molecule has 1 aromatic heterocycles.